The molecule has 1 saturated carbocycles. The van der Waals surface area contributed by atoms with E-state index in [-0.39, 0.29) is 5.54 Å². The zero-order chi connectivity index (χ0) is 5.49. The summed E-state index contributed by atoms with van der Waals surface area (Å²) in [6.07, 6.45) is 0.481. The van der Waals surface area contributed by atoms with Crippen LogP contribution in [0, 0.1) is 0 Å². The van der Waals surface area contributed by atoms with E-state index in [0.717, 1.165) is 0 Å². The summed E-state index contributed by atoms with van der Waals surface area (Å²) in [6, 6.07) is 0. The molecule has 0 aromatic heterocycles. The lowest BCUT2D eigenvalue weighted by Crippen LogP contribution is -2.50. The van der Waals surface area contributed by atoms with E-state index in [1.54, 1.807) is 0 Å². The molecule has 0 unspecified atom stereocenters. The van der Waals surface area contributed by atoms with Crippen molar-refractivity contribution in [3.8, 4) is 0 Å². The molecule has 0 radical (unpaired) electrons. The number of hydrogen-bond acceptors (Lipinski definition) is 1. The second-order valence-corrected chi connectivity index (χ2v) is 2.66. The number of hydrogen-bond donors (Lipinski definition) is 1. The normalized spacial score (nSPS) is 51.0. The van der Waals surface area contributed by atoms with Crippen LogP contribution in [0.25, 0.3) is 0 Å². The first-order chi connectivity index (χ1) is 3.10. The quantitative estimate of drug-likeness (QED) is 0.481. The first kappa shape index (κ1) is 5.04. The lowest BCUT2D eigenvalue weighted by Gasteiger charge is -2.37. The summed E-state index contributed by atoms with van der Waals surface area (Å²) in [7, 11) is 0. The lowest BCUT2D eigenvalue weighted by molar-refractivity contribution is 0.114. The van der Waals surface area contributed by atoms with Gasteiger partial charge in [-0.05, 0) is 19.8 Å². The van der Waals surface area contributed by atoms with Gasteiger partial charge in [-0.2, -0.15) is 0 Å². The zero-order valence-electron chi connectivity index (χ0n) is 4.45. The molecule has 0 aromatic carbocycles. The summed E-state index contributed by atoms with van der Waals surface area (Å²) in [4.78, 5) is 0. The Balaban J connectivity index is 2.29. The van der Waals surface area contributed by atoms with E-state index in [1.807, 2.05) is 6.92 Å². The fourth-order valence-corrected chi connectivity index (χ4v) is 0.952. The summed E-state index contributed by atoms with van der Waals surface area (Å²) in [6.45, 7) is 1.88. The Morgan fingerprint density at radius 1 is 1.71 bits per heavy atom. The highest BCUT2D eigenvalue weighted by atomic mass is 18.2. The van der Waals surface area contributed by atoms with Crippen molar-refractivity contribution < 1.29 is 4.39 Å². The van der Waals surface area contributed by atoms with Gasteiger partial charge in [-0.25, -0.2) is 4.39 Å². The molecule has 2 N–H and O–H groups in total. The van der Waals surface area contributed by atoms with Crippen LogP contribution < -0.4 is 5.73 Å². The minimum atomic E-state index is -0.616. The van der Waals surface area contributed by atoms with Crippen LogP contribution in [0.2, 0.25) is 0 Å². The van der Waals surface area contributed by atoms with E-state index in [4.69, 9.17) is 5.73 Å². The van der Waals surface area contributed by atoms with Gasteiger partial charge < -0.3 is 5.73 Å². The second kappa shape index (κ2) is 1.19. The van der Waals surface area contributed by atoms with Crippen LogP contribution in [0.15, 0.2) is 0 Å². The molecule has 42 valence electrons. The standard InChI is InChI=1S/C5H10FN/c1-5(7)2-4(6)3-5/h4H,2-3,7H2,1H3/t4-,5-/i6-1. The number of rotatable bonds is 0. The van der Waals surface area contributed by atoms with Crippen molar-refractivity contribution in [2.24, 2.45) is 5.73 Å². The Kier molecular flexibility index (Phi) is 0.854. The molecule has 1 aliphatic rings. The van der Waals surface area contributed by atoms with E-state index in [1.165, 1.54) is 0 Å². The third-order valence-electron chi connectivity index (χ3n) is 1.38. The van der Waals surface area contributed by atoms with Crippen molar-refractivity contribution in [1.82, 2.24) is 0 Å². The lowest BCUT2D eigenvalue weighted by atomic mass is 9.78. The molecular formula is C5H10FN. The van der Waals surface area contributed by atoms with Crippen LogP contribution in [0.5, 0.6) is 0 Å². The van der Waals surface area contributed by atoms with Crippen molar-refractivity contribution in [3.63, 3.8) is 0 Å². The molecule has 1 fully saturated rings. The van der Waals surface area contributed by atoms with Crippen LogP contribution in [0.4, 0.5) is 4.39 Å². The molecule has 0 aliphatic heterocycles. The van der Waals surface area contributed by atoms with Gasteiger partial charge in [-0.3, -0.25) is 0 Å². The van der Waals surface area contributed by atoms with Gasteiger partial charge in [-0.15, -0.1) is 0 Å². The van der Waals surface area contributed by atoms with Gasteiger partial charge in [-0.1, -0.05) is 0 Å². The molecule has 0 aromatic rings. The monoisotopic (exact) mass is 102 g/mol. The van der Waals surface area contributed by atoms with E-state index in [0.29, 0.717) is 12.8 Å². The Bertz CT molecular complexity index is 72.1. The molecule has 0 amide bonds. The van der Waals surface area contributed by atoms with Crippen LogP contribution in [0.1, 0.15) is 19.8 Å². The SMILES string of the molecule is C[C@]1(N)C[C@H]([18F])C1. The highest BCUT2D eigenvalue weighted by Gasteiger charge is 2.36. The Labute approximate surface area is 42.7 Å². The highest BCUT2D eigenvalue weighted by molar-refractivity contribution is 4.94. The van der Waals surface area contributed by atoms with Gasteiger partial charge in [0.15, 0.2) is 0 Å². The summed E-state index contributed by atoms with van der Waals surface area (Å²) >= 11 is 0. The van der Waals surface area contributed by atoms with Gasteiger partial charge in [0.1, 0.15) is 6.17 Å². The average Bonchev–Trinajstić information content (AvgIpc) is 1.27. The zero-order valence-corrected chi connectivity index (χ0v) is 4.45. The largest absolute Gasteiger partial charge is 0.325 e. The molecule has 7 heavy (non-hydrogen) atoms. The van der Waals surface area contributed by atoms with E-state index in [9.17, 15) is 4.39 Å². The minimum Gasteiger partial charge on any atom is -0.325 e. The number of nitrogens with two attached hydrogens (primary N) is 1. The smallest absolute Gasteiger partial charge is 0.104 e. The van der Waals surface area contributed by atoms with Gasteiger partial charge in [0.25, 0.3) is 0 Å². The summed E-state index contributed by atoms with van der Waals surface area (Å²) < 4.78 is 11.9. The predicted octanol–water partition coefficient (Wildman–Crippen LogP) is 0.836. The van der Waals surface area contributed by atoms with Crippen molar-refractivity contribution in [1.29, 1.82) is 0 Å². The molecule has 0 heterocycles. The van der Waals surface area contributed by atoms with Gasteiger partial charge in [0, 0.05) is 5.54 Å². The summed E-state index contributed by atoms with van der Waals surface area (Å²) in [5.41, 5.74) is 5.29. The van der Waals surface area contributed by atoms with Gasteiger partial charge in [0.2, 0.25) is 0 Å². The Hall–Kier alpha value is -0.110. The van der Waals surface area contributed by atoms with Crippen molar-refractivity contribution >= 4 is 0 Å². The first-order valence-electron chi connectivity index (χ1n) is 2.53. The molecular weight excluding hydrogens is 92.1 g/mol. The van der Waals surface area contributed by atoms with Gasteiger partial charge in [0.05, 0.1) is 0 Å². The minimum absolute atomic E-state index is 0.181. The van der Waals surface area contributed by atoms with Gasteiger partial charge >= 0.3 is 0 Å². The maximum Gasteiger partial charge on any atom is 0.104 e. The highest BCUT2D eigenvalue weighted by Crippen LogP contribution is 2.31. The van der Waals surface area contributed by atoms with Crippen molar-refractivity contribution in [3.05, 3.63) is 0 Å². The third-order valence-corrected chi connectivity index (χ3v) is 1.38. The maximum absolute atomic E-state index is 11.9. The van der Waals surface area contributed by atoms with Crippen LogP contribution in [0.3, 0.4) is 0 Å². The molecule has 0 atom stereocenters. The second-order valence-electron chi connectivity index (χ2n) is 2.66. The topological polar surface area (TPSA) is 26.0 Å². The van der Waals surface area contributed by atoms with E-state index >= 15 is 0 Å². The van der Waals surface area contributed by atoms with Crippen molar-refractivity contribution in [2.75, 3.05) is 0 Å². The van der Waals surface area contributed by atoms with E-state index in [2.05, 4.69) is 0 Å². The molecule has 0 bridgehead atoms. The molecule has 0 saturated heterocycles. The molecule has 1 nitrogen and oxygen atoms in total. The average molecular weight is 102 g/mol. The Morgan fingerprint density at radius 3 is 2.14 bits per heavy atom. The molecule has 1 rings (SSSR count). The van der Waals surface area contributed by atoms with Crippen LogP contribution in [-0.4, -0.2) is 11.7 Å². The first-order valence-corrected chi connectivity index (χ1v) is 2.53. The molecule has 1 aliphatic carbocycles. The molecule has 0 spiro atoms. The number of halogens is 1. The maximum atomic E-state index is 11.9. The summed E-state index contributed by atoms with van der Waals surface area (Å²) in [5, 5.41) is 0. The Morgan fingerprint density at radius 2 is 2.14 bits per heavy atom. The van der Waals surface area contributed by atoms with Crippen LogP contribution >= 0.6 is 0 Å². The predicted molar refractivity (Wildman–Crippen MR) is 26.7 cm³/mol. The number of alkyl halides is 1. The fourth-order valence-electron chi connectivity index (χ4n) is 0.952. The van der Waals surface area contributed by atoms with E-state index < -0.39 is 6.17 Å². The fraction of sp³-hybridized carbons (Fsp3) is 1.00. The van der Waals surface area contributed by atoms with Crippen LogP contribution in [-0.2, 0) is 0 Å². The molecule has 2 heteroatoms. The van der Waals surface area contributed by atoms with Crippen molar-refractivity contribution in [2.45, 2.75) is 31.5 Å². The third kappa shape index (κ3) is 0.911. The summed E-state index contributed by atoms with van der Waals surface area (Å²) in [5.74, 6) is 0.